The van der Waals surface area contributed by atoms with Gasteiger partial charge in [0.25, 0.3) is 5.69 Å². The van der Waals surface area contributed by atoms with Crippen molar-refractivity contribution in [1.29, 1.82) is 0 Å². The lowest BCUT2D eigenvalue weighted by Gasteiger charge is -2.01. The topological polar surface area (TPSA) is 60.2 Å². The van der Waals surface area contributed by atoms with Gasteiger partial charge in [-0.2, -0.15) is 0 Å². The molecule has 0 spiro atoms. The third-order valence-electron chi connectivity index (χ3n) is 3.15. The van der Waals surface area contributed by atoms with Crippen LogP contribution in [0.25, 0.3) is 6.08 Å². The Morgan fingerprint density at radius 2 is 2.00 bits per heavy atom. The Morgan fingerprint density at radius 3 is 2.65 bits per heavy atom. The highest BCUT2D eigenvalue weighted by Crippen LogP contribution is 2.17. The lowest BCUT2D eigenvalue weighted by Crippen LogP contribution is -1.90. The maximum absolute atomic E-state index is 11.0. The monoisotopic (exact) mass is 275 g/mol. The fourth-order valence-electron chi connectivity index (χ4n) is 2.04. The Labute approximate surface area is 119 Å². The van der Waals surface area contributed by atoms with E-state index in [1.165, 1.54) is 31.4 Å². The predicted molar refractivity (Wildman–Crippen MR) is 80.5 cm³/mol. The SMILES string of the molecule is CCCCCCC/C(C=O)=C\c1cccc([N+](=O)[O-])c1. The van der Waals surface area contributed by atoms with Crippen LogP contribution < -0.4 is 0 Å². The van der Waals surface area contributed by atoms with Crippen LogP contribution in [0.15, 0.2) is 29.8 Å². The van der Waals surface area contributed by atoms with Gasteiger partial charge in [0.15, 0.2) is 0 Å². The third-order valence-corrected chi connectivity index (χ3v) is 3.15. The van der Waals surface area contributed by atoms with Gasteiger partial charge in [0.2, 0.25) is 0 Å². The fourth-order valence-corrected chi connectivity index (χ4v) is 2.04. The van der Waals surface area contributed by atoms with Gasteiger partial charge in [0.05, 0.1) is 4.92 Å². The van der Waals surface area contributed by atoms with Crippen molar-refractivity contribution in [3.63, 3.8) is 0 Å². The first-order valence-electron chi connectivity index (χ1n) is 7.07. The zero-order chi connectivity index (χ0) is 14.8. The van der Waals surface area contributed by atoms with Crippen molar-refractivity contribution < 1.29 is 9.72 Å². The van der Waals surface area contributed by atoms with Crippen LogP contribution in [0.2, 0.25) is 0 Å². The number of benzene rings is 1. The minimum absolute atomic E-state index is 0.0481. The van der Waals surface area contributed by atoms with Crippen LogP contribution in [0.4, 0.5) is 5.69 Å². The number of unbranched alkanes of at least 4 members (excludes halogenated alkanes) is 4. The zero-order valence-corrected chi connectivity index (χ0v) is 11.9. The summed E-state index contributed by atoms with van der Waals surface area (Å²) < 4.78 is 0. The molecule has 20 heavy (non-hydrogen) atoms. The van der Waals surface area contributed by atoms with E-state index in [-0.39, 0.29) is 5.69 Å². The van der Waals surface area contributed by atoms with Gasteiger partial charge in [-0.3, -0.25) is 14.9 Å². The minimum Gasteiger partial charge on any atom is -0.298 e. The average molecular weight is 275 g/mol. The number of rotatable bonds is 9. The summed E-state index contributed by atoms with van der Waals surface area (Å²) in [5, 5.41) is 10.7. The molecule has 0 aliphatic rings. The lowest BCUT2D eigenvalue weighted by atomic mass is 10.0. The Hall–Kier alpha value is -1.97. The van der Waals surface area contributed by atoms with Gasteiger partial charge in [0, 0.05) is 12.1 Å². The largest absolute Gasteiger partial charge is 0.298 e. The standard InChI is InChI=1S/C16H21NO3/c1-2-3-4-5-6-8-15(13-18)11-14-9-7-10-16(12-14)17(19)20/h7,9-13H,2-6,8H2,1H3/b15-11+. The van der Waals surface area contributed by atoms with E-state index in [0.29, 0.717) is 11.1 Å². The van der Waals surface area contributed by atoms with Crippen LogP contribution >= 0.6 is 0 Å². The second kappa shape index (κ2) is 9.02. The molecule has 0 bridgehead atoms. The highest BCUT2D eigenvalue weighted by Gasteiger charge is 2.05. The Balaban J connectivity index is 2.61. The molecule has 0 atom stereocenters. The van der Waals surface area contributed by atoms with Crippen molar-refractivity contribution >= 4 is 18.0 Å². The highest BCUT2D eigenvalue weighted by atomic mass is 16.6. The molecular formula is C16H21NO3. The van der Waals surface area contributed by atoms with E-state index in [0.717, 1.165) is 25.5 Å². The highest BCUT2D eigenvalue weighted by molar-refractivity contribution is 5.81. The summed E-state index contributed by atoms with van der Waals surface area (Å²) in [6.45, 7) is 2.17. The summed E-state index contributed by atoms with van der Waals surface area (Å²) in [6.07, 6.45) is 9.04. The van der Waals surface area contributed by atoms with E-state index >= 15 is 0 Å². The Morgan fingerprint density at radius 1 is 1.25 bits per heavy atom. The number of allylic oxidation sites excluding steroid dienone is 1. The van der Waals surface area contributed by atoms with Crippen molar-refractivity contribution in [1.82, 2.24) is 0 Å². The molecule has 1 rings (SSSR count). The van der Waals surface area contributed by atoms with Gasteiger partial charge in [-0.15, -0.1) is 0 Å². The molecule has 0 fully saturated rings. The van der Waals surface area contributed by atoms with Crippen molar-refractivity contribution in [2.24, 2.45) is 0 Å². The van der Waals surface area contributed by atoms with Gasteiger partial charge < -0.3 is 0 Å². The molecule has 0 aromatic heterocycles. The summed E-state index contributed by atoms with van der Waals surface area (Å²) in [5.74, 6) is 0. The Bertz CT molecular complexity index is 480. The molecule has 0 heterocycles. The van der Waals surface area contributed by atoms with E-state index in [2.05, 4.69) is 6.92 Å². The summed E-state index contributed by atoms with van der Waals surface area (Å²) in [4.78, 5) is 21.3. The molecule has 0 unspecified atom stereocenters. The number of nitrogens with zero attached hydrogens (tertiary/aromatic N) is 1. The molecule has 0 saturated heterocycles. The first-order chi connectivity index (χ1) is 9.67. The smallest absolute Gasteiger partial charge is 0.270 e. The first-order valence-corrected chi connectivity index (χ1v) is 7.07. The molecule has 1 aromatic rings. The average Bonchev–Trinajstić information content (AvgIpc) is 2.46. The van der Waals surface area contributed by atoms with Crippen LogP contribution in [0.3, 0.4) is 0 Å². The van der Waals surface area contributed by atoms with E-state index < -0.39 is 4.92 Å². The molecule has 0 radical (unpaired) electrons. The fraction of sp³-hybridized carbons (Fsp3) is 0.438. The van der Waals surface area contributed by atoms with Gasteiger partial charge in [-0.1, -0.05) is 44.7 Å². The number of carbonyl (C=O) groups excluding carboxylic acids is 1. The number of aldehydes is 1. The van der Waals surface area contributed by atoms with Gasteiger partial charge >= 0.3 is 0 Å². The maximum Gasteiger partial charge on any atom is 0.270 e. The van der Waals surface area contributed by atoms with Gasteiger partial charge in [0.1, 0.15) is 6.29 Å². The van der Waals surface area contributed by atoms with Crippen LogP contribution in [0, 0.1) is 10.1 Å². The van der Waals surface area contributed by atoms with E-state index in [9.17, 15) is 14.9 Å². The van der Waals surface area contributed by atoms with Crippen molar-refractivity contribution in [2.45, 2.75) is 45.4 Å². The summed E-state index contributed by atoms with van der Waals surface area (Å²) in [6, 6.07) is 6.34. The summed E-state index contributed by atoms with van der Waals surface area (Å²) in [5.41, 5.74) is 1.45. The molecule has 1 aromatic carbocycles. The first kappa shape index (κ1) is 16.1. The third kappa shape index (κ3) is 5.78. The van der Waals surface area contributed by atoms with Crippen molar-refractivity contribution in [3.8, 4) is 0 Å². The molecule has 0 N–H and O–H groups in total. The number of non-ortho nitro benzene ring substituents is 1. The van der Waals surface area contributed by atoms with E-state index in [1.807, 2.05) is 0 Å². The maximum atomic E-state index is 11.0. The van der Waals surface area contributed by atoms with Crippen molar-refractivity contribution in [3.05, 3.63) is 45.5 Å². The quantitative estimate of drug-likeness (QED) is 0.218. The zero-order valence-electron chi connectivity index (χ0n) is 11.9. The molecular weight excluding hydrogens is 254 g/mol. The van der Waals surface area contributed by atoms with Crippen LogP contribution in [-0.4, -0.2) is 11.2 Å². The number of hydrogen-bond acceptors (Lipinski definition) is 3. The molecule has 108 valence electrons. The van der Waals surface area contributed by atoms with E-state index in [1.54, 1.807) is 18.2 Å². The molecule has 4 heteroatoms. The second-order valence-corrected chi connectivity index (χ2v) is 4.85. The number of carbonyl (C=O) groups is 1. The summed E-state index contributed by atoms with van der Waals surface area (Å²) >= 11 is 0. The molecule has 4 nitrogen and oxygen atoms in total. The summed E-state index contributed by atoms with van der Waals surface area (Å²) in [7, 11) is 0. The van der Waals surface area contributed by atoms with Crippen LogP contribution in [-0.2, 0) is 4.79 Å². The Kier molecular flexibility index (Phi) is 7.25. The number of nitro benzene ring substituents is 1. The molecule has 0 aliphatic heterocycles. The lowest BCUT2D eigenvalue weighted by molar-refractivity contribution is -0.384. The van der Waals surface area contributed by atoms with E-state index in [4.69, 9.17) is 0 Å². The minimum atomic E-state index is -0.428. The molecule has 0 aliphatic carbocycles. The van der Waals surface area contributed by atoms with Crippen LogP contribution in [0.5, 0.6) is 0 Å². The number of hydrogen-bond donors (Lipinski definition) is 0. The van der Waals surface area contributed by atoms with Gasteiger partial charge in [-0.25, -0.2) is 0 Å². The van der Waals surface area contributed by atoms with Crippen LogP contribution in [0.1, 0.15) is 51.0 Å². The molecule has 0 saturated carbocycles. The molecule has 0 amide bonds. The number of nitro groups is 1. The predicted octanol–water partition coefficient (Wildman–Crippen LogP) is 4.54. The normalized spacial score (nSPS) is 11.3. The second-order valence-electron chi connectivity index (χ2n) is 4.85. The van der Waals surface area contributed by atoms with Crippen molar-refractivity contribution in [2.75, 3.05) is 0 Å². The van der Waals surface area contributed by atoms with Gasteiger partial charge in [-0.05, 0) is 30.1 Å².